The molecule has 1 spiro atoms. The van der Waals surface area contributed by atoms with Gasteiger partial charge in [0.05, 0.1) is 6.26 Å². The molecule has 0 aromatic heterocycles. The third kappa shape index (κ3) is 1.03. The van der Waals surface area contributed by atoms with Gasteiger partial charge in [0.15, 0.2) is 0 Å². The van der Waals surface area contributed by atoms with Gasteiger partial charge in [-0.15, -0.1) is 0 Å². The number of hydrogen-bond donors (Lipinski definition) is 1. The van der Waals surface area contributed by atoms with Gasteiger partial charge in [0.1, 0.15) is 0 Å². The molecular weight excluding hydrogens is 196 g/mol. The fraction of sp³-hybridized carbons (Fsp3) is 0.867. The van der Waals surface area contributed by atoms with Gasteiger partial charge in [-0.2, -0.15) is 0 Å². The van der Waals surface area contributed by atoms with Crippen LogP contribution in [-0.4, -0.2) is 5.11 Å². The Hall–Kier alpha value is -0.460. The van der Waals surface area contributed by atoms with Gasteiger partial charge >= 0.3 is 0 Å². The first-order valence-corrected chi connectivity index (χ1v) is 6.86. The summed E-state index contributed by atoms with van der Waals surface area (Å²) >= 11 is 0. The summed E-state index contributed by atoms with van der Waals surface area (Å²) in [7, 11) is 0. The molecule has 0 radical (unpaired) electrons. The first-order valence-electron chi connectivity index (χ1n) is 6.86. The van der Waals surface area contributed by atoms with Crippen LogP contribution in [0.3, 0.4) is 0 Å². The minimum absolute atomic E-state index is 0.398. The number of rotatable bonds is 0. The lowest BCUT2D eigenvalue weighted by atomic mass is 9.68. The van der Waals surface area contributed by atoms with Gasteiger partial charge in [-0.25, -0.2) is 0 Å². The number of allylic oxidation sites excluding steroid dienone is 1. The maximum Gasteiger partial charge on any atom is 0.0789 e. The molecule has 4 atom stereocenters. The van der Waals surface area contributed by atoms with Crippen LogP contribution >= 0.6 is 0 Å². The van der Waals surface area contributed by atoms with Crippen LogP contribution in [0.2, 0.25) is 0 Å². The molecule has 16 heavy (non-hydrogen) atoms. The zero-order chi connectivity index (χ0) is 11.6. The Morgan fingerprint density at radius 2 is 2.06 bits per heavy atom. The topological polar surface area (TPSA) is 20.2 Å². The van der Waals surface area contributed by atoms with Crippen molar-refractivity contribution >= 4 is 0 Å². The summed E-state index contributed by atoms with van der Waals surface area (Å²) in [5.74, 6) is 2.58. The molecule has 1 nitrogen and oxygen atoms in total. The molecule has 3 aliphatic carbocycles. The second kappa shape index (κ2) is 3.05. The van der Waals surface area contributed by atoms with Gasteiger partial charge < -0.3 is 5.11 Å². The molecule has 3 saturated carbocycles. The summed E-state index contributed by atoms with van der Waals surface area (Å²) in [5, 5.41) is 9.49. The third-order valence-corrected chi connectivity index (χ3v) is 6.34. The molecule has 90 valence electrons. The van der Waals surface area contributed by atoms with Crippen LogP contribution in [0.25, 0.3) is 0 Å². The molecule has 0 heterocycles. The highest BCUT2D eigenvalue weighted by atomic mass is 16.2. The highest BCUT2D eigenvalue weighted by Gasteiger charge is 2.64. The van der Waals surface area contributed by atoms with Crippen LogP contribution in [0.1, 0.15) is 52.9 Å². The van der Waals surface area contributed by atoms with Crippen molar-refractivity contribution in [3.63, 3.8) is 0 Å². The molecular formula is C15H24O. The maximum atomic E-state index is 9.49. The average molecular weight is 220 g/mol. The van der Waals surface area contributed by atoms with Crippen LogP contribution in [0, 0.1) is 28.6 Å². The molecule has 0 aliphatic heterocycles. The molecule has 2 bridgehead atoms. The lowest BCUT2D eigenvalue weighted by Gasteiger charge is -2.37. The number of aliphatic hydroxyl groups excluding tert-OH is 1. The normalized spacial score (nSPS) is 51.9. The summed E-state index contributed by atoms with van der Waals surface area (Å²) in [4.78, 5) is 0. The van der Waals surface area contributed by atoms with Crippen molar-refractivity contribution in [1.29, 1.82) is 0 Å². The molecule has 0 aromatic rings. The Morgan fingerprint density at radius 3 is 2.75 bits per heavy atom. The van der Waals surface area contributed by atoms with Crippen LogP contribution < -0.4 is 0 Å². The van der Waals surface area contributed by atoms with Crippen molar-refractivity contribution in [3.05, 3.63) is 11.8 Å². The summed E-state index contributed by atoms with van der Waals surface area (Å²) in [6.45, 7) is 7.39. The smallest absolute Gasteiger partial charge is 0.0789 e. The van der Waals surface area contributed by atoms with Crippen LogP contribution in [0.15, 0.2) is 11.8 Å². The van der Waals surface area contributed by atoms with E-state index in [0.717, 1.165) is 24.2 Å². The van der Waals surface area contributed by atoms with Gasteiger partial charge in [-0.3, -0.25) is 0 Å². The summed E-state index contributed by atoms with van der Waals surface area (Å²) < 4.78 is 0. The van der Waals surface area contributed by atoms with E-state index in [-0.39, 0.29) is 0 Å². The first kappa shape index (κ1) is 10.7. The molecule has 0 saturated heterocycles. The molecule has 3 fully saturated rings. The van der Waals surface area contributed by atoms with Gasteiger partial charge in [0.2, 0.25) is 0 Å². The van der Waals surface area contributed by atoms with Crippen molar-refractivity contribution < 1.29 is 5.11 Å². The Morgan fingerprint density at radius 1 is 1.31 bits per heavy atom. The molecule has 0 amide bonds. The van der Waals surface area contributed by atoms with E-state index in [4.69, 9.17) is 0 Å². The highest BCUT2D eigenvalue weighted by molar-refractivity contribution is 5.28. The van der Waals surface area contributed by atoms with E-state index in [9.17, 15) is 5.11 Å². The number of fused-ring (bicyclic) bond motifs is 1. The SMILES string of the molecule is C[C@@H]1CC[C@]23C[C@H]1C(C)(C)[C@@H]2CC/C3=C/O. The predicted molar refractivity (Wildman–Crippen MR) is 66.2 cm³/mol. The van der Waals surface area contributed by atoms with Crippen LogP contribution in [0.5, 0.6) is 0 Å². The average Bonchev–Trinajstić information content (AvgIpc) is 2.68. The molecule has 3 aliphatic rings. The first-order chi connectivity index (χ1) is 7.52. The van der Waals surface area contributed by atoms with E-state index in [2.05, 4.69) is 20.8 Å². The van der Waals surface area contributed by atoms with E-state index in [1.54, 1.807) is 0 Å². The Bertz CT molecular complexity index is 341. The van der Waals surface area contributed by atoms with Crippen molar-refractivity contribution in [1.82, 2.24) is 0 Å². The molecule has 0 unspecified atom stereocenters. The van der Waals surface area contributed by atoms with E-state index in [1.807, 2.05) is 0 Å². The third-order valence-electron chi connectivity index (χ3n) is 6.34. The Labute approximate surface area is 98.9 Å². The quantitative estimate of drug-likeness (QED) is 0.603. The predicted octanol–water partition coefficient (Wildman–Crippen LogP) is 4.30. The standard InChI is InChI=1S/C15H24O/c1-10-6-7-15-8-12(10)14(2,3)13(15)5-4-11(15)9-16/h9-10,12-13,16H,4-8H2,1-3H3/b11-9-/t10-,12-,13+,15-/m1/s1. The second-order valence-electron chi connectivity index (χ2n) is 7.05. The minimum Gasteiger partial charge on any atom is -0.516 e. The van der Waals surface area contributed by atoms with E-state index in [1.165, 1.54) is 37.5 Å². The van der Waals surface area contributed by atoms with Crippen molar-refractivity contribution in [2.45, 2.75) is 52.9 Å². The molecule has 1 heteroatoms. The molecule has 3 rings (SSSR count). The summed E-state index contributed by atoms with van der Waals surface area (Å²) in [5.41, 5.74) is 2.26. The highest BCUT2D eigenvalue weighted by Crippen LogP contribution is 2.72. The van der Waals surface area contributed by atoms with E-state index in [0.29, 0.717) is 10.8 Å². The van der Waals surface area contributed by atoms with Gasteiger partial charge in [0.25, 0.3) is 0 Å². The fourth-order valence-corrected chi connectivity index (χ4v) is 5.57. The fourth-order valence-electron chi connectivity index (χ4n) is 5.57. The van der Waals surface area contributed by atoms with Crippen LogP contribution in [0.4, 0.5) is 0 Å². The number of aliphatic hydroxyl groups is 1. The van der Waals surface area contributed by atoms with Gasteiger partial charge in [-0.05, 0) is 66.3 Å². The maximum absolute atomic E-state index is 9.49. The second-order valence-corrected chi connectivity index (χ2v) is 7.05. The van der Waals surface area contributed by atoms with Crippen molar-refractivity contribution in [2.24, 2.45) is 28.6 Å². The monoisotopic (exact) mass is 220 g/mol. The van der Waals surface area contributed by atoms with Crippen molar-refractivity contribution in [2.75, 3.05) is 0 Å². The Balaban J connectivity index is 2.08. The van der Waals surface area contributed by atoms with E-state index >= 15 is 0 Å². The Kier molecular flexibility index (Phi) is 2.04. The molecule has 0 aromatic carbocycles. The van der Waals surface area contributed by atoms with Crippen LogP contribution in [-0.2, 0) is 0 Å². The largest absolute Gasteiger partial charge is 0.516 e. The summed E-state index contributed by atoms with van der Waals surface area (Å²) in [6.07, 6.45) is 7.94. The van der Waals surface area contributed by atoms with E-state index < -0.39 is 0 Å². The lowest BCUT2D eigenvalue weighted by molar-refractivity contribution is 0.140. The summed E-state index contributed by atoms with van der Waals surface area (Å²) in [6, 6.07) is 0. The van der Waals surface area contributed by atoms with Gasteiger partial charge in [-0.1, -0.05) is 20.8 Å². The van der Waals surface area contributed by atoms with Gasteiger partial charge in [0, 0.05) is 0 Å². The zero-order valence-corrected chi connectivity index (χ0v) is 10.8. The van der Waals surface area contributed by atoms with Crippen molar-refractivity contribution in [3.8, 4) is 0 Å². The minimum atomic E-state index is 0.398. The molecule has 1 N–H and O–H groups in total. The lowest BCUT2D eigenvalue weighted by Crippen LogP contribution is -2.28. The number of hydrogen-bond acceptors (Lipinski definition) is 1. The zero-order valence-electron chi connectivity index (χ0n) is 10.8.